The maximum Gasteiger partial charge on any atom is 0.407 e. The first-order valence-corrected chi connectivity index (χ1v) is 9.32. The standard InChI is InChI=1S/C18H28N2O2S/c1-13-16(9-6-10-23-13)20-15-8-5-7-14(11-15)12-19-17(21)22-18(2,3)4/h5,7-8,11,13,16,20H,6,9-10,12H2,1-4H3,(H,19,21). The van der Waals surface area contributed by atoms with Crippen molar-refractivity contribution in [3.8, 4) is 0 Å². The largest absolute Gasteiger partial charge is 0.444 e. The van der Waals surface area contributed by atoms with Crippen LogP contribution in [0.1, 0.15) is 46.1 Å². The normalized spacial score (nSPS) is 21.6. The Labute approximate surface area is 143 Å². The van der Waals surface area contributed by atoms with Crippen molar-refractivity contribution in [3.05, 3.63) is 29.8 Å². The fraction of sp³-hybridized carbons (Fsp3) is 0.611. The SMILES string of the molecule is CC1SCCCC1Nc1cccc(CNC(=O)OC(C)(C)C)c1. The first kappa shape index (κ1) is 18.0. The van der Waals surface area contributed by atoms with Crippen molar-refractivity contribution in [2.45, 2.75) is 64.0 Å². The number of nitrogens with one attached hydrogen (secondary N) is 2. The van der Waals surface area contributed by atoms with Gasteiger partial charge in [0, 0.05) is 23.5 Å². The van der Waals surface area contributed by atoms with Gasteiger partial charge in [-0.1, -0.05) is 19.1 Å². The average molecular weight is 337 g/mol. The molecule has 1 fully saturated rings. The number of thioether (sulfide) groups is 1. The van der Waals surface area contributed by atoms with Gasteiger partial charge in [-0.3, -0.25) is 0 Å². The zero-order valence-electron chi connectivity index (χ0n) is 14.5. The van der Waals surface area contributed by atoms with E-state index in [-0.39, 0.29) is 6.09 Å². The summed E-state index contributed by atoms with van der Waals surface area (Å²) in [5, 5.41) is 7.07. The summed E-state index contributed by atoms with van der Waals surface area (Å²) in [7, 11) is 0. The number of anilines is 1. The number of alkyl carbamates (subject to hydrolysis) is 1. The van der Waals surface area contributed by atoms with Crippen LogP contribution in [-0.2, 0) is 11.3 Å². The van der Waals surface area contributed by atoms with Gasteiger partial charge >= 0.3 is 6.09 Å². The third-order valence-corrected chi connectivity index (χ3v) is 5.10. The van der Waals surface area contributed by atoms with Crippen LogP contribution in [-0.4, -0.2) is 28.7 Å². The number of rotatable bonds is 4. The molecule has 2 atom stereocenters. The summed E-state index contributed by atoms with van der Waals surface area (Å²) < 4.78 is 5.26. The molecular weight excluding hydrogens is 308 g/mol. The third kappa shape index (κ3) is 6.34. The van der Waals surface area contributed by atoms with E-state index in [0.717, 1.165) is 11.3 Å². The van der Waals surface area contributed by atoms with Crippen molar-refractivity contribution in [2.75, 3.05) is 11.1 Å². The summed E-state index contributed by atoms with van der Waals surface area (Å²) in [6, 6.07) is 8.74. The van der Waals surface area contributed by atoms with Crippen molar-refractivity contribution < 1.29 is 9.53 Å². The second-order valence-electron chi connectivity index (χ2n) is 7.02. The highest BCUT2D eigenvalue weighted by Crippen LogP contribution is 2.27. The lowest BCUT2D eigenvalue weighted by molar-refractivity contribution is 0.0523. The Morgan fingerprint density at radius 3 is 2.87 bits per heavy atom. The summed E-state index contributed by atoms with van der Waals surface area (Å²) in [5.41, 5.74) is 1.72. The minimum absolute atomic E-state index is 0.381. The molecule has 1 aliphatic rings. The molecule has 2 rings (SSSR count). The lowest BCUT2D eigenvalue weighted by atomic mass is 10.1. The molecule has 23 heavy (non-hydrogen) atoms. The van der Waals surface area contributed by atoms with Crippen LogP contribution in [0.2, 0.25) is 0 Å². The van der Waals surface area contributed by atoms with E-state index in [2.05, 4.69) is 29.7 Å². The molecule has 0 bridgehead atoms. The molecule has 1 aromatic rings. The Hall–Kier alpha value is -1.36. The first-order valence-electron chi connectivity index (χ1n) is 8.27. The first-order chi connectivity index (χ1) is 10.8. The summed E-state index contributed by atoms with van der Waals surface area (Å²) in [4.78, 5) is 11.7. The predicted octanol–water partition coefficient (Wildman–Crippen LogP) is 4.41. The van der Waals surface area contributed by atoms with Crippen LogP contribution in [0.3, 0.4) is 0 Å². The van der Waals surface area contributed by atoms with Gasteiger partial charge < -0.3 is 15.4 Å². The third-order valence-electron chi connectivity index (χ3n) is 3.72. The van der Waals surface area contributed by atoms with Gasteiger partial charge in [-0.05, 0) is 57.1 Å². The van der Waals surface area contributed by atoms with Crippen LogP contribution in [0.5, 0.6) is 0 Å². The van der Waals surface area contributed by atoms with E-state index in [1.54, 1.807) is 0 Å². The molecule has 0 radical (unpaired) electrons. The van der Waals surface area contributed by atoms with Crippen LogP contribution in [0, 0.1) is 0 Å². The van der Waals surface area contributed by atoms with E-state index in [1.165, 1.54) is 18.6 Å². The Morgan fingerprint density at radius 2 is 2.17 bits per heavy atom. The van der Waals surface area contributed by atoms with E-state index in [9.17, 15) is 4.79 Å². The van der Waals surface area contributed by atoms with Crippen LogP contribution in [0.15, 0.2) is 24.3 Å². The maximum atomic E-state index is 11.7. The Morgan fingerprint density at radius 1 is 1.39 bits per heavy atom. The van der Waals surface area contributed by atoms with Gasteiger partial charge in [-0.25, -0.2) is 4.79 Å². The molecule has 4 nitrogen and oxygen atoms in total. The Balaban J connectivity index is 1.88. The van der Waals surface area contributed by atoms with E-state index in [0.29, 0.717) is 17.8 Å². The number of hydrogen-bond acceptors (Lipinski definition) is 4. The van der Waals surface area contributed by atoms with Crippen molar-refractivity contribution in [2.24, 2.45) is 0 Å². The van der Waals surface area contributed by atoms with Crippen LogP contribution in [0.4, 0.5) is 10.5 Å². The molecule has 128 valence electrons. The molecule has 5 heteroatoms. The zero-order valence-corrected chi connectivity index (χ0v) is 15.3. The van der Waals surface area contributed by atoms with Gasteiger partial charge in [0.1, 0.15) is 5.60 Å². The number of amides is 1. The minimum Gasteiger partial charge on any atom is -0.444 e. The summed E-state index contributed by atoms with van der Waals surface area (Å²) in [6.07, 6.45) is 2.11. The average Bonchev–Trinajstić information content (AvgIpc) is 2.46. The molecule has 0 saturated carbocycles. The maximum absolute atomic E-state index is 11.7. The van der Waals surface area contributed by atoms with E-state index in [1.807, 2.05) is 44.7 Å². The lowest BCUT2D eigenvalue weighted by Gasteiger charge is -2.30. The highest BCUT2D eigenvalue weighted by molar-refractivity contribution is 8.00. The van der Waals surface area contributed by atoms with Crippen molar-refractivity contribution in [1.82, 2.24) is 5.32 Å². The number of carbonyl (C=O) groups excluding carboxylic acids is 1. The van der Waals surface area contributed by atoms with Crippen LogP contribution >= 0.6 is 11.8 Å². The van der Waals surface area contributed by atoms with Crippen LogP contribution < -0.4 is 10.6 Å². The predicted molar refractivity (Wildman–Crippen MR) is 98.1 cm³/mol. The molecule has 1 heterocycles. The molecule has 1 aromatic carbocycles. The molecular formula is C18H28N2O2S. The van der Waals surface area contributed by atoms with E-state index < -0.39 is 5.60 Å². The van der Waals surface area contributed by atoms with E-state index >= 15 is 0 Å². The fourth-order valence-electron chi connectivity index (χ4n) is 2.59. The summed E-state index contributed by atoms with van der Waals surface area (Å²) in [5.74, 6) is 1.26. The Bertz CT molecular complexity index is 528. The summed E-state index contributed by atoms with van der Waals surface area (Å²) >= 11 is 2.03. The van der Waals surface area contributed by atoms with Gasteiger partial charge in [-0.2, -0.15) is 11.8 Å². The number of hydrogen-bond donors (Lipinski definition) is 2. The van der Waals surface area contributed by atoms with Gasteiger partial charge in [0.15, 0.2) is 0 Å². The van der Waals surface area contributed by atoms with Gasteiger partial charge in [0.2, 0.25) is 0 Å². The topological polar surface area (TPSA) is 50.4 Å². The monoisotopic (exact) mass is 336 g/mol. The highest BCUT2D eigenvalue weighted by atomic mass is 32.2. The smallest absolute Gasteiger partial charge is 0.407 e. The molecule has 2 unspecified atom stereocenters. The number of benzene rings is 1. The fourth-order valence-corrected chi connectivity index (χ4v) is 3.73. The molecule has 1 saturated heterocycles. The minimum atomic E-state index is -0.470. The molecule has 0 spiro atoms. The highest BCUT2D eigenvalue weighted by Gasteiger charge is 2.21. The summed E-state index contributed by atoms with van der Waals surface area (Å²) in [6.45, 7) is 8.34. The zero-order chi connectivity index (χ0) is 16.9. The lowest BCUT2D eigenvalue weighted by Crippen LogP contribution is -2.33. The molecule has 2 N–H and O–H groups in total. The Kier molecular flexibility index (Phi) is 6.22. The van der Waals surface area contributed by atoms with Gasteiger partial charge in [0.05, 0.1) is 0 Å². The van der Waals surface area contributed by atoms with Gasteiger partial charge in [0.25, 0.3) is 0 Å². The quantitative estimate of drug-likeness (QED) is 0.855. The molecule has 0 aromatic heterocycles. The molecule has 1 aliphatic heterocycles. The molecule has 0 aliphatic carbocycles. The number of ether oxygens (including phenoxy) is 1. The van der Waals surface area contributed by atoms with Crippen molar-refractivity contribution in [1.29, 1.82) is 0 Å². The van der Waals surface area contributed by atoms with E-state index in [4.69, 9.17) is 4.74 Å². The second-order valence-corrected chi connectivity index (χ2v) is 8.51. The molecule has 1 amide bonds. The van der Waals surface area contributed by atoms with Crippen molar-refractivity contribution in [3.63, 3.8) is 0 Å². The van der Waals surface area contributed by atoms with Crippen LogP contribution in [0.25, 0.3) is 0 Å². The van der Waals surface area contributed by atoms with Gasteiger partial charge in [-0.15, -0.1) is 0 Å². The second kappa shape index (κ2) is 7.95. The van der Waals surface area contributed by atoms with Crippen molar-refractivity contribution >= 4 is 23.5 Å². The number of carbonyl (C=O) groups is 1.